The Morgan fingerprint density at radius 1 is 1.04 bits per heavy atom. The molecular formula is C38H42N4O9Si. The van der Waals surface area contributed by atoms with Crippen molar-refractivity contribution < 1.29 is 33.9 Å². The number of nitro groups is 1. The summed E-state index contributed by atoms with van der Waals surface area (Å²) in [4.78, 5) is 67.8. The van der Waals surface area contributed by atoms with Crippen LogP contribution in [0.25, 0.3) is 5.69 Å². The second-order valence-electron chi connectivity index (χ2n) is 13.9. The van der Waals surface area contributed by atoms with E-state index >= 15 is 0 Å². The van der Waals surface area contributed by atoms with Crippen LogP contribution in [-0.4, -0.2) is 70.8 Å². The number of aliphatic hydroxyl groups is 1. The molecule has 2 N–H and O–H groups in total. The van der Waals surface area contributed by atoms with Crippen molar-refractivity contribution >= 4 is 31.5 Å². The van der Waals surface area contributed by atoms with Gasteiger partial charge in [0.2, 0.25) is 5.91 Å². The maximum absolute atomic E-state index is 14.8. The predicted octanol–water partition coefficient (Wildman–Crippen LogP) is 4.51. The Labute approximate surface area is 301 Å². The van der Waals surface area contributed by atoms with Gasteiger partial charge in [-0.1, -0.05) is 49.4 Å². The number of hydrogen-bond acceptors (Lipinski definition) is 9. The Hall–Kier alpha value is -5.15. The Bertz CT molecular complexity index is 2030. The fourth-order valence-electron chi connectivity index (χ4n) is 7.83. The van der Waals surface area contributed by atoms with Crippen LogP contribution in [0.1, 0.15) is 30.0 Å². The molecule has 0 saturated carbocycles. The third kappa shape index (κ3) is 6.65. The number of non-ortho nitro benzene ring substituents is 1. The Balaban J connectivity index is 1.35. The van der Waals surface area contributed by atoms with Gasteiger partial charge in [0.1, 0.15) is 0 Å². The standard InChI is InChI=1S/C38H42N4O9Si/c1-25-35(52(3,4)49)33(22-34(44)39(19-20-43)23-26-9-6-5-7-10-26)51-38(25)30-21-29(42(47)48)16-17-31(30)41(37(38)46)24-27-12-14-28(15-13-27)40-18-8-11-32(50-2)36(40)45/h5-18,21,25,33,35,43,49H,19-20,22-24H2,1-4H3/t25-,33+,35-,38+/m0/s1. The molecular weight excluding hydrogens is 685 g/mol. The van der Waals surface area contributed by atoms with E-state index in [2.05, 4.69) is 0 Å². The molecule has 14 heteroatoms. The van der Waals surface area contributed by atoms with Gasteiger partial charge in [0.25, 0.3) is 17.2 Å². The molecule has 272 valence electrons. The molecule has 2 aliphatic rings. The van der Waals surface area contributed by atoms with E-state index in [4.69, 9.17) is 9.47 Å². The first-order valence-electron chi connectivity index (χ1n) is 17.1. The largest absolute Gasteiger partial charge is 0.491 e. The average Bonchev–Trinajstić information content (AvgIpc) is 3.54. The third-order valence-corrected chi connectivity index (χ3v) is 12.7. The number of nitrogens with zero attached hydrogens (tertiary/aromatic N) is 4. The Morgan fingerprint density at radius 2 is 1.75 bits per heavy atom. The minimum atomic E-state index is -3.16. The molecule has 4 atom stereocenters. The number of carbonyl (C=O) groups is 2. The molecule has 0 aliphatic carbocycles. The number of benzene rings is 3. The smallest absolute Gasteiger partial charge is 0.297 e. The lowest BCUT2D eigenvalue weighted by atomic mass is 9.82. The maximum atomic E-state index is 14.8. The lowest BCUT2D eigenvalue weighted by molar-refractivity contribution is -0.385. The number of nitro benzene ring substituents is 1. The summed E-state index contributed by atoms with van der Waals surface area (Å²) in [5.74, 6) is -1.22. The number of ether oxygens (including phenoxy) is 2. The number of anilines is 1. The molecule has 13 nitrogen and oxygen atoms in total. The van der Waals surface area contributed by atoms with E-state index in [0.717, 1.165) is 11.1 Å². The summed E-state index contributed by atoms with van der Waals surface area (Å²) in [6.07, 6.45) is 0.579. The highest BCUT2D eigenvalue weighted by molar-refractivity contribution is 6.71. The molecule has 2 amide bonds. The first-order valence-corrected chi connectivity index (χ1v) is 20.1. The summed E-state index contributed by atoms with van der Waals surface area (Å²) >= 11 is 0. The van der Waals surface area contributed by atoms with Crippen molar-refractivity contribution in [2.45, 2.75) is 56.8 Å². The van der Waals surface area contributed by atoms with Gasteiger partial charge >= 0.3 is 0 Å². The van der Waals surface area contributed by atoms with Crippen molar-refractivity contribution in [2.24, 2.45) is 5.92 Å². The molecule has 0 bridgehead atoms. The summed E-state index contributed by atoms with van der Waals surface area (Å²) in [5, 5.41) is 21.8. The molecule has 1 spiro atoms. The van der Waals surface area contributed by atoms with Crippen LogP contribution < -0.4 is 15.2 Å². The van der Waals surface area contributed by atoms with Crippen molar-refractivity contribution in [1.82, 2.24) is 9.47 Å². The number of aliphatic hydroxyl groups excluding tert-OH is 1. The van der Waals surface area contributed by atoms with Crippen LogP contribution in [0.5, 0.6) is 5.75 Å². The number of fused-ring (bicyclic) bond motifs is 2. The molecule has 2 aliphatic heterocycles. The molecule has 1 saturated heterocycles. The first kappa shape index (κ1) is 36.6. The number of amides is 2. The van der Waals surface area contributed by atoms with Gasteiger partial charge in [-0.05, 0) is 54.6 Å². The number of hydrogen-bond donors (Lipinski definition) is 2. The SMILES string of the molecule is COc1cccn(-c2ccc(CN3C(=O)[C@]4(O[C@H](CC(=O)N(CCO)Cc5ccccc5)[C@@H]([Si](C)(C)O)[C@@H]4C)c4cc([N+](=O)[O-])ccc43)cc2)c1=O. The van der Waals surface area contributed by atoms with E-state index < -0.39 is 42.3 Å². The van der Waals surface area contributed by atoms with Crippen molar-refractivity contribution in [2.75, 3.05) is 25.2 Å². The third-order valence-electron chi connectivity index (χ3n) is 10.2. The Morgan fingerprint density at radius 3 is 2.38 bits per heavy atom. The monoisotopic (exact) mass is 726 g/mol. The number of methoxy groups -OCH3 is 1. The predicted molar refractivity (Wildman–Crippen MR) is 196 cm³/mol. The normalized spacial score (nSPS) is 21.0. The van der Waals surface area contributed by atoms with Crippen LogP contribution in [0.2, 0.25) is 18.6 Å². The molecule has 1 fully saturated rings. The molecule has 0 unspecified atom stereocenters. The quantitative estimate of drug-likeness (QED) is 0.121. The zero-order valence-corrected chi connectivity index (χ0v) is 30.5. The highest BCUT2D eigenvalue weighted by Gasteiger charge is 2.66. The molecule has 3 aromatic carbocycles. The van der Waals surface area contributed by atoms with E-state index in [-0.39, 0.29) is 55.6 Å². The second kappa shape index (κ2) is 14.5. The van der Waals surface area contributed by atoms with E-state index in [1.54, 1.807) is 62.6 Å². The van der Waals surface area contributed by atoms with Crippen LogP contribution >= 0.6 is 0 Å². The minimum Gasteiger partial charge on any atom is -0.491 e. The molecule has 52 heavy (non-hydrogen) atoms. The zero-order chi connectivity index (χ0) is 37.4. The van der Waals surface area contributed by atoms with Gasteiger partial charge in [0.05, 0.1) is 43.4 Å². The number of aromatic nitrogens is 1. The van der Waals surface area contributed by atoms with Gasteiger partial charge in [-0.2, -0.15) is 0 Å². The lowest BCUT2D eigenvalue weighted by Gasteiger charge is -2.32. The lowest BCUT2D eigenvalue weighted by Crippen LogP contribution is -2.46. The summed E-state index contributed by atoms with van der Waals surface area (Å²) in [5.41, 5.74) is 0.0912. The van der Waals surface area contributed by atoms with E-state index in [1.165, 1.54) is 39.7 Å². The zero-order valence-electron chi connectivity index (χ0n) is 29.5. The first-order chi connectivity index (χ1) is 24.8. The van der Waals surface area contributed by atoms with E-state index in [0.29, 0.717) is 16.9 Å². The van der Waals surface area contributed by atoms with Gasteiger partial charge in [0.15, 0.2) is 19.7 Å². The molecule has 3 heterocycles. The summed E-state index contributed by atoms with van der Waals surface area (Å²) in [6, 6.07) is 24.0. The number of carbonyl (C=O) groups excluding carboxylic acids is 2. The van der Waals surface area contributed by atoms with Crippen LogP contribution in [0.3, 0.4) is 0 Å². The Kier molecular flexibility index (Phi) is 10.2. The fourth-order valence-corrected chi connectivity index (χ4v) is 10.4. The maximum Gasteiger partial charge on any atom is 0.297 e. The van der Waals surface area contributed by atoms with Gasteiger partial charge in [0, 0.05) is 54.1 Å². The van der Waals surface area contributed by atoms with Crippen LogP contribution in [0.15, 0.2) is 95.9 Å². The van der Waals surface area contributed by atoms with Crippen molar-refractivity contribution in [3.05, 3.63) is 128 Å². The van der Waals surface area contributed by atoms with Crippen molar-refractivity contribution in [3.8, 4) is 11.4 Å². The summed E-state index contributed by atoms with van der Waals surface area (Å²) in [7, 11) is -1.73. The molecule has 6 rings (SSSR count). The average molecular weight is 727 g/mol. The minimum absolute atomic E-state index is 0.0821. The fraction of sp³-hybridized carbons (Fsp3) is 0.342. The summed E-state index contributed by atoms with van der Waals surface area (Å²) in [6.45, 7) is 5.46. The van der Waals surface area contributed by atoms with Gasteiger partial charge in [-0.15, -0.1) is 0 Å². The van der Waals surface area contributed by atoms with Gasteiger partial charge in [-0.3, -0.25) is 29.1 Å². The number of pyridine rings is 1. The molecule has 1 aromatic heterocycles. The highest BCUT2D eigenvalue weighted by atomic mass is 28.4. The second-order valence-corrected chi connectivity index (χ2v) is 17.8. The van der Waals surface area contributed by atoms with E-state index in [9.17, 15) is 34.4 Å². The summed E-state index contributed by atoms with van der Waals surface area (Å²) < 4.78 is 13.4. The van der Waals surface area contributed by atoms with Crippen LogP contribution in [0, 0.1) is 16.0 Å². The van der Waals surface area contributed by atoms with Crippen LogP contribution in [0.4, 0.5) is 11.4 Å². The number of rotatable bonds is 12. The molecule has 4 aromatic rings. The highest BCUT2D eigenvalue weighted by Crippen LogP contribution is 2.60. The van der Waals surface area contributed by atoms with E-state index in [1.807, 2.05) is 30.3 Å². The van der Waals surface area contributed by atoms with Gasteiger partial charge in [-0.25, -0.2) is 0 Å². The van der Waals surface area contributed by atoms with Gasteiger partial charge < -0.3 is 29.2 Å². The van der Waals surface area contributed by atoms with Crippen LogP contribution in [-0.2, 0) is 33.0 Å². The topological polar surface area (TPSA) is 165 Å². The van der Waals surface area contributed by atoms with Crippen molar-refractivity contribution in [3.63, 3.8) is 0 Å². The van der Waals surface area contributed by atoms with Crippen molar-refractivity contribution in [1.29, 1.82) is 0 Å². The molecule has 0 radical (unpaired) electrons.